The van der Waals surface area contributed by atoms with Crippen molar-refractivity contribution in [1.29, 1.82) is 0 Å². The van der Waals surface area contributed by atoms with Gasteiger partial charge in [-0.3, -0.25) is 4.79 Å². The van der Waals surface area contributed by atoms with Gasteiger partial charge < -0.3 is 10.8 Å². The molecule has 0 spiro atoms. The van der Waals surface area contributed by atoms with E-state index in [-0.39, 0.29) is 0 Å². The van der Waals surface area contributed by atoms with Crippen molar-refractivity contribution >= 4 is 16.9 Å². The number of aliphatic carboxylic acids is 1. The maximum Gasteiger partial charge on any atom is 0.320 e. The lowest BCUT2D eigenvalue weighted by molar-refractivity contribution is -0.138. The fraction of sp³-hybridized carbons (Fsp3) is 0.250. The molecular weight excluding hydrogens is 218 g/mol. The predicted octanol–water partition coefficient (Wildman–Crippen LogP) is 0.974. The van der Waals surface area contributed by atoms with E-state index >= 15 is 0 Å². The molecule has 2 aromatic rings. The van der Waals surface area contributed by atoms with E-state index in [2.05, 4.69) is 9.97 Å². The molecule has 17 heavy (non-hydrogen) atoms. The molecule has 0 fully saturated rings. The number of hydrogen-bond donors (Lipinski definition) is 2. The highest BCUT2D eigenvalue weighted by Gasteiger charge is 2.11. The molecule has 3 N–H and O–H groups in total. The van der Waals surface area contributed by atoms with E-state index in [0.29, 0.717) is 12.8 Å². The number of rotatable bonds is 4. The fourth-order valence-corrected chi connectivity index (χ4v) is 1.62. The number of carbonyl (C=O) groups is 1. The molecule has 1 heterocycles. The maximum absolute atomic E-state index is 10.6. The largest absolute Gasteiger partial charge is 0.480 e. The van der Waals surface area contributed by atoms with E-state index in [4.69, 9.17) is 10.8 Å². The summed E-state index contributed by atoms with van der Waals surface area (Å²) in [6, 6.07) is 5.00. The minimum Gasteiger partial charge on any atom is -0.480 e. The molecule has 88 valence electrons. The second-order valence-corrected chi connectivity index (χ2v) is 3.90. The monoisotopic (exact) mass is 231 g/mol. The van der Waals surface area contributed by atoms with Crippen molar-refractivity contribution in [2.45, 2.75) is 18.9 Å². The van der Waals surface area contributed by atoms with E-state index < -0.39 is 12.0 Å². The van der Waals surface area contributed by atoms with Gasteiger partial charge in [-0.2, -0.15) is 0 Å². The molecule has 2 rings (SSSR count). The number of nitrogens with two attached hydrogens (primary N) is 1. The lowest BCUT2D eigenvalue weighted by Gasteiger charge is -2.06. The van der Waals surface area contributed by atoms with Crippen molar-refractivity contribution in [2.24, 2.45) is 5.73 Å². The van der Waals surface area contributed by atoms with Crippen LogP contribution in [0.4, 0.5) is 0 Å². The van der Waals surface area contributed by atoms with Crippen LogP contribution in [0.3, 0.4) is 0 Å². The van der Waals surface area contributed by atoms with Crippen molar-refractivity contribution in [3.8, 4) is 0 Å². The van der Waals surface area contributed by atoms with Gasteiger partial charge in [0.25, 0.3) is 0 Å². The Kier molecular flexibility index (Phi) is 3.30. The zero-order valence-corrected chi connectivity index (χ0v) is 9.21. The van der Waals surface area contributed by atoms with Gasteiger partial charge in [0.15, 0.2) is 0 Å². The number of fused-ring (bicyclic) bond motifs is 1. The minimum absolute atomic E-state index is 0.423. The summed E-state index contributed by atoms with van der Waals surface area (Å²) in [5, 5.41) is 9.66. The average molecular weight is 231 g/mol. The van der Waals surface area contributed by atoms with Gasteiger partial charge in [-0.05, 0) is 24.5 Å². The second-order valence-electron chi connectivity index (χ2n) is 3.90. The topological polar surface area (TPSA) is 89.1 Å². The van der Waals surface area contributed by atoms with Gasteiger partial charge in [-0.25, -0.2) is 9.97 Å². The number of hydrogen-bond acceptors (Lipinski definition) is 4. The quantitative estimate of drug-likeness (QED) is 0.818. The van der Waals surface area contributed by atoms with E-state index in [1.54, 1.807) is 6.20 Å². The molecule has 1 atom stereocenters. The molecule has 0 amide bonds. The number of aromatic nitrogens is 2. The molecule has 0 aliphatic heterocycles. The normalized spacial score (nSPS) is 12.5. The van der Waals surface area contributed by atoms with Gasteiger partial charge in [0.1, 0.15) is 12.4 Å². The van der Waals surface area contributed by atoms with E-state index in [1.807, 2.05) is 18.2 Å². The standard InChI is InChI=1S/C12H13N3O2/c13-10(12(16)17)4-2-8-1-3-9-6-14-7-15-11(9)5-8/h1,3,5-7,10H,2,4,13H2,(H,16,17)/t10-/m0/s1. The van der Waals surface area contributed by atoms with Crippen molar-refractivity contribution in [2.75, 3.05) is 0 Å². The van der Waals surface area contributed by atoms with Gasteiger partial charge in [-0.1, -0.05) is 12.1 Å². The Bertz CT molecular complexity index is 542. The Morgan fingerprint density at radius 3 is 3.06 bits per heavy atom. The summed E-state index contributed by atoms with van der Waals surface area (Å²) in [6.07, 6.45) is 4.30. The molecule has 0 saturated carbocycles. The third-order valence-electron chi connectivity index (χ3n) is 2.63. The number of carboxylic acid groups (broad SMARTS) is 1. The Labute approximate surface area is 98.3 Å². The summed E-state index contributed by atoms with van der Waals surface area (Å²) in [6.45, 7) is 0. The lowest BCUT2D eigenvalue weighted by Crippen LogP contribution is -2.30. The summed E-state index contributed by atoms with van der Waals surface area (Å²) in [4.78, 5) is 18.7. The smallest absolute Gasteiger partial charge is 0.320 e. The van der Waals surface area contributed by atoms with E-state index in [9.17, 15) is 4.79 Å². The van der Waals surface area contributed by atoms with Crippen LogP contribution in [0, 0.1) is 0 Å². The molecule has 1 aromatic carbocycles. The SMILES string of the molecule is N[C@@H](CCc1ccc2cncnc2c1)C(=O)O. The highest BCUT2D eigenvalue weighted by atomic mass is 16.4. The maximum atomic E-state index is 10.6. The third-order valence-corrected chi connectivity index (χ3v) is 2.63. The Morgan fingerprint density at radius 2 is 2.29 bits per heavy atom. The Hall–Kier alpha value is -2.01. The van der Waals surface area contributed by atoms with Crippen LogP contribution in [0.5, 0.6) is 0 Å². The number of carboxylic acids is 1. The van der Waals surface area contributed by atoms with E-state index in [0.717, 1.165) is 16.5 Å². The first-order valence-electron chi connectivity index (χ1n) is 5.34. The Morgan fingerprint density at radius 1 is 1.47 bits per heavy atom. The van der Waals surface area contributed by atoms with Crippen LogP contribution >= 0.6 is 0 Å². The second kappa shape index (κ2) is 4.88. The van der Waals surface area contributed by atoms with Crippen LogP contribution in [0.1, 0.15) is 12.0 Å². The first kappa shape index (κ1) is 11.5. The molecule has 1 aromatic heterocycles. The summed E-state index contributed by atoms with van der Waals surface area (Å²) < 4.78 is 0. The van der Waals surface area contributed by atoms with Gasteiger partial charge in [0.05, 0.1) is 5.52 Å². The minimum atomic E-state index is -0.965. The molecule has 5 heteroatoms. The highest BCUT2D eigenvalue weighted by Crippen LogP contribution is 2.13. The molecular formula is C12H13N3O2. The Balaban J connectivity index is 2.12. The van der Waals surface area contributed by atoms with Crippen molar-refractivity contribution in [3.63, 3.8) is 0 Å². The van der Waals surface area contributed by atoms with Crippen LogP contribution in [-0.2, 0) is 11.2 Å². The predicted molar refractivity (Wildman–Crippen MR) is 63.5 cm³/mol. The average Bonchev–Trinajstić information content (AvgIpc) is 2.35. The molecule has 0 unspecified atom stereocenters. The zero-order valence-electron chi connectivity index (χ0n) is 9.21. The number of benzene rings is 1. The highest BCUT2D eigenvalue weighted by molar-refractivity contribution is 5.78. The van der Waals surface area contributed by atoms with Crippen LogP contribution in [-0.4, -0.2) is 27.1 Å². The summed E-state index contributed by atoms with van der Waals surface area (Å²) in [7, 11) is 0. The number of nitrogens with zero attached hydrogens (tertiary/aromatic N) is 2. The van der Waals surface area contributed by atoms with Gasteiger partial charge >= 0.3 is 5.97 Å². The van der Waals surface area contributed by atoms with Crippen molar-refractivity contribution in [1.82, 2.24) is 9.97 Å². The molecule has 0 aliphatic rings. The summed E-state index contributed by atoms with van der Waals surface area (Å²) in [5.41, 5.74) is 7.35. The molecule has 5 nitrogen and oxygen atoms in total. The lowest BCUT2D eigenvalue weighted by atomic mass is 10.0. The molecule has 0 saturated heterocycles. The fourth-order valence-electron chi connectivity index (χ4n) is 1.62. The van der Waals surface area contributed by atoms with Crippen LogP contribution in [0.25, 0.3) is 10.9 Å². The number of aryl methyl sites for hydroxylation is 1. The summed E-state index contributed by atoms with van der Waals surface area (Å²) >= 11 is 0. The van der Waals surface area contributed by atoms with Gasteiger partial charge in [0.2, 0.25) is 0 Å². The van der Waals surface area contributed by atoms with Crippen LogP contribution < -0.4 is 5.73 Å². The van der Waals surface area contributed by atoms with Gasteiger partial charge in [-0.15, -0.1) is 0 Å². The molecule has 0 radical (unpaired) electrons. The zero-order chi connectivity index (χ0) is 12.3. The van der Waals surface area contributed by atoms with Gasteiger partial charge in [0, 0.05) is 11.6 Å². The first-order valence-corrected chi connectivity index (χ1v) is 5.34. The first-order chi connectivity index (χ1) is 8.16. The summed E-state index contributed by atoms with van der Waals surface area (Å²) in [5.74, 6) is -0.965. The van der Waals surface area contributed by atoms with Crippen LogP contribution in [0.2, 0.25) is 0 Å². The van der Waals surface area contributed by atoms with Crippen LogP contribution in [0.15, 0.2) is 30.7 Å². The third kappa shape index (κ3) is 2.76. The molecule has 0 aliphatic carbocycles. The van der Waals surface area contributed by atoms with Crippen molar-refractivity contribution in [3.05, 3.63) is 36.3 Å². The van der Waals surface area contributed by atoms with Crippen molar-refractivity contribution < 1.29 is 9.90 Å². The van der Waals surface area contributed by atoms with E-state index in [1.165, 1.54) is 6.33 Å². The molecule has 0 bridgehead atoms.